The van der Waals surface area contributed by atoms with Crippen molar-refractivity contribution in [3.63, 3.8) is 0 Å². The first-order valence-electron chi connectivity index (χ1n) is 10.8. The summed E-state index contributed by atoms with van der Waals surface area (Å²) in [5.41, 5.74) is 5.28. The third kappa shape index (κ3) is 9.48. The molecule has 0 aliphatic heterocycles. The van der Waals surface area contributed by atoms with E-state index in [9.17, 15) is 19.2 Å². The highest BCUT2D eigenvalue weighted by Gasteiger charge is 2.36. The first-order chi connectivity index (χ1) is 15.5. The Bertz CT molecular complexity index is 837. The summed E-state index contributed by atoms with van der Waals surface area (Å²) in [6.07, 6.45) is -0.683. The Morgan fingerprint density at radius 1 is 0.970 bits per heavy atom. The van der Waals surface area contributed by atoms with Crippen LogP contribution >= 0.6 is 0 Å². The molecule has 0 spiro atoms. The molecule has 0 saturated carbocycles. The molecule has 1 atom stereocenters. The number of methoxy groups -OCH3 is 1. The summed E-state index contributed by atoms with van der Waals surface area (Å²) in [6, 6.07) is 4.51. The van der Waals surface area contributed by atoms with Crippen molar-refractivity contribution in [1.29, 1.82) is 0 Å². The Morgan fingerprint density at radius 3 is 2.12 bits per heavy atom. The molecule has 1 unspecified atom stereocenters. The van der Waals surface area contributed by atoms with Gasteiger partial charge in [-0.05, 0) is 23.6 Å². The van der Waals surface area contributed by atoms with Crippen molar-refractivity contribution >= 4 is 24.1 Å². The van der Waals surface area contributed by atoms with Gasteiger partial charge in [0.05, 0.1) is 20.3 Å². The van der Waals surface area contributed by atoms with Crippen molar-refractivity contribution in [1.82, 2.24) is 0 Å². The topological polar surface area (TPSA) is 140 Å². The second-order valence-corrected chi connectivity index (χ2v) is 7.81. The molecule has 1 aromatic carbocycles. The SMILES string of the molecule is CCC(=O)Oc1ccc(CC(N)(CCOC(=O)OCC(C)C)C(=O)OC)cc1OC(=O)CC. The second kappa shape index (κ2) is 13.4. The van der Waals surface area contributed by atoms with E-state index in [-0.39, 0.29) is 56.3 Å². The maximum Gasteiger partial charge on any atom is 0.508 e. The predicted molar refractivity (Wildman–Crippen MR) is 118 cm³/mol. The summed E-state index contributed by atoms with van der Waals surface area (Å²) >= 11 is 0. The van der Waals surface area contributed by atoms with Crippen LogP contribution in [0.5, 0.6) is 11.5 Å². The van der Waals surface area contributed by atoms with E-state index in [4.69, 9.17) is 29.4 Å². The van der Waals surface area contributed by atoms with Crippen molar-refractivity contribution in [2.75, 3.05) is 20.3 Å². The van der Waals surface area contributed by atoms with Crippen LogP contribution in [-0.2, 0) is 35.0 Å². The number of esters is 3. The number of benzene rings is 1. The second-order valence-electron chi connectivity index (χ2n) is 7.81. The van der Waals surface area contributed by atoms with E-state index >= 15 is 0 Å². The lowest BCUT2D eigenvalue weighted by Crippen LogP contribution is -2.51. The Kier molecular flexibility index (Phi) is 11.3. The highest BCUT2D eigenvalue weighted by Crippen LogP contribution is 2.31. The summed E-state index contributed by atoms with van der Waals surface area (Å²) in [4.78, 5) is 47.6. The van der Waals surface area contributed by atoms with Gasteiger partial charge in [0.2, 0.25) is 0 Å². The Balaban J connectivity index is 3.03. The molecular formula is C23H33NO9. The minimum atomic E-state index is -1.54. The van der Waals surface area contributed by atoms with Gasteiger partial charge in [-0.1, -0.05) is 33.8 Å². The molecule has 184 valence electrons. The number of carbonyl (C=O) groups excluding carboxylic acids is 4. The summed E-state index contributed by atoms with van der Waals surface area (Å²) in [5.74, 6) is -1.49. The van der Waals surface area contributed by atoms with E-state index in [0.717, 1.165) is 0 Å². The fourth-order valence-electron chi connectivity index (χ4n) is 2.64. The van der Waals surface area contributed by atoms with Gasteiger partial charge in [-0.15, -0.1) is 0 Å². The molecule has 0 saturated heterocycles. The summed E-state index contributed by atoms with van der Waals surface area (Å²) in [6.45, 7) is 7.06. The standard InChI is InChI=1S/C23H33NO9/c1-6-19(25)32-17-9-8-16(12-18(17)33-20(26)7-2)13-23(24,21(27)29-5)10-11-30-22(28)31-14-15(3)4/h8-9,12,15H,6-7,10-11,13-14,24H2,1-5H3. The number of hydrogen-bond donors (Lipinski definition) is 1. The zero-order valence-corrected chi connectivity index (χ0v) is 19.8. The summed E-state index contributed by atoms with van der Waals surface area (Å²) in [5, 5.41) is 0. The van der Waals surface area contributed by atoms with Crippen molar-refractivity contribution in [3.8, 4) is 11.5 Å². The quantitative estimate of drug-likeness (QED) is 0.360. The van der Waals surface area contributed by atoms with Crippen LogP contribution in [0.1, 0.15) is 52.5 Å². The summed E-state index contributed by atoms with van der Waals surface area (Å²) in [7, 11) is 1.20. The largest absolute Gasteiger partial charge is 0.508 e. The third-order valence-electron chi connectivity index (χ3n) is 4.45. The van der Waals surface area contributed by atoms with Gasteiger partial charge in [-0.2, -0.15) is 0 Å². The normalized spacial score (nSPS) is 12.5. The molecule has 0 aliphatic carbocycles. The van der Waals surface area contributed by atoms with Gasteiger partial charge in [0.1, 0.15) is 5.54 Å². The number of ether oxygens (including phenoxy) is 5. The number of nitrogens with two attached hydrogens (primary N) is 1. The lowest BCUT2D eigenvalue weighted by Gasteiger charge is -2.26. The van der Waals surface area contributed by atoms with Crippen LogP contribution < -0.4 is 15.2 Å². The van der Waals surface area contributed by atoms with Crippen LogP contribution in [0.2, 0.25) is 0 Å². The molecule has 0 heterocycles. The van der Waals surface area contributed by atoms with Crippen LogP contribution in [0.15, 0.2) is 18.2 Å². The Hall–Kier alpha value is -3.14. The highest BCUT2D eigenvalue weighted by molar-refractivity contribution is 5.81. The minimum Gasteiger partial charge on any atom is -0.468 e. The minimum absolute atomic E-state index is 0.0250. The van der Waals surface area contributed by atoms with Gasteiger partial charge in [-0.25, -0.2) is 4.79 Å². The van der Waals surface area contributed by atoms with Gasteiger partial charge in [-0.3, -0.25) is 14.4 Å². The Morgan fingerprint density at radius 2 is 1.58 bits per heavy atom. The number of hydrogen-bond acceptors (Lipinski definition) is 10. The van der Waals surface area contributed by atoms with Gasteiger partial charge in [0.25, 0.3) is 0 Å². The fourth-order valence-corrected chi connectivity index (χ4v) is 2.64. The molecule has 0 amide bonds. The molecule has 0 aromatic heterocycles. The smallest absolute Gasteiger partial charge is 0.468 e. The van der Waals surface area contributed by atoms with Crippen LogP contribution in [0.4, 0.5) is 4.79 Å². The van der Waals surface area contributed by atoms with Crippen molar-refractivity contribution in [2.24, 2.45) is 11.7 Å². The van der Waals surface area contributed by atoms with Crippen molar-refractivity contribution in [2.45, 2.75) is 58.9 Å². The van der Waals surface area contributed by atoms with Crippen molar-refractivity contribution < 1.29 is 42.9 Å². The Labute approximate surface area is 193 Å². The third-order valence-corrected chi connectivity index (χ3v) is 4.45. The first kappa shape index (κ1) is 27.9. The molecular weight excluding hydrogens is 434 g/mol. The lowest BCUT2D eigenvalue weighted by atomic mass is 9.88. The van der Waals surface area contributed by atoms with Gasteiger partial charge in [0, 0.05) is 25.7 Å². The molecule has 10 nitrogen and oxygen atoms in total. The zero-order chi connectivity index (χ0) is 25.0. The first-order valence-corrected chi connectivity index (χ1v) is 10.8. The zero-order valence-electron chi connectivity index (χ0n) is 19.8. The van der Waals surface area contributed by atoms with E-state index in [1.54, 1.807) is 19.9 Å². The molecule has 0 radical (unpaired) electrons. The molecule has 1 rings (SSSR count). The van der Waals surface area contributed by atoms with E-state index < -0.39 is 29.6 Å². The van der Waals surface area contributed by atoms with Crippen LogP contribution in [0.3, 0.4) is 0 Å². The van der Waals surface area contributed by atoms with Gasteiger partial charge < -0.3 is 29.4 Å². The maximum atomic E-state index is 12.4. The van der Waals surface area contributed by atoms with Crippen LogP contribution in [0, 0.1) is 5.92 Å². The number of rotatable bonds is 12. The molecule has 33 heavy (non-hydrogen) atoms. The predicted octanol–water partition coefficient (Wildman–Crippen LogP) is 2.93. The van der Waals surface area contributed by atoms with Crippen LogP contribution in [-0.4, -0.2) is 49.9 Å². The number of carbonyl (C=O) groups is 4. The lowest BCUT2D eigenvalue weighted by molar-refractivity contribution is -0.147. The fraction of sp³-hybridized carbons (Fsp3) is 0.565. The monoisotopic (exact) mass is 467 g/mol. The molecule has 0 bridgehead atoms. The maximum absolute atomic E-state index is 12.4. The van der Waals surface area contributed by atoms with Gasteiger partial charge >= 0.3 is 24.1 Å². The van der Waals surface area contributed by atoms with E-state index in [1.165, 1.54) is 19.2 Å². The van der Waals surface area contributed by atoms with Crippen molar-refractivity contribution in [3.05, 3.63) is 23.8 Å². The highest BCUT2D eigenvalue weighted by atomic mass is 16.7. The molecule has 2 N–H and O–H groups in total. The average Bonchev–Trinajstić information content (AvgIpc) is 2.78. The van der Waals surface area contributed by atoms with Crippen LogP contribution in [0.25, 0.3) is 0 Å². The van der Waals surface area contributed by atoms with E-state index in [2.05, 4.69) is 0 Å². The molecule has 0 fully saturated rings. The average molecular weight is 468 g/mol. The molecule has 1 aromatic rings. The summed E-state index contributed by atoms with van der Waals surface area (Å²) < 4.78 is 25.3. The molecule has 0 aliphatic rings. The van der Waals surface area contributed by atoms with E-state index in [0.29, 0.717) is 5.56 Å². The molecule has 10 heteroatoms. The van der Waals surface area contributed by atoms with E-state index in [1.807, 2.05) is 13.8 Å². The van der Waals surface area contributed by atoms with Gasteiger partial charge in [0.15, 0.2) is 11.5 Å².